The Kier molecular flexibility index (Phi) is 5.26. The van der Waals surface area contributed by atoms with Crippen LogP contribution in [0.2, 0.25) is 0 Å². The Balaban J connectivity index is 2.17. The highest BCUT2D eigenvalue weighted by Gasteiger charge is 2.53. The summed E-state index contributed by atoms with van der Waals surface area (Å²) in [6, 6.07) is -0.898. The number of nitrogens with one attached hydrogen (secondary N) is 1. The van der Waals surface area contributed by atoms with Crippen molar-refractivity contribution in [3.63, 3.8) is 0 Å². The summed E-state index contributed by atoms with van der Waals surface area (Å²) < 4.78 is 43.5. The van der Waals surface area contributed by atoms with Gasteiger partial charge in [-0.1, -0.05) is 0 Å². The number of likely N-dealkylation sites (tertiary alicyclic amines) is 1. The largest absolute Gasteiger partial charge is 0.481 e. The lowest BCUT2D eigenvalue weighted by Gasteiger charge is -2.18. The lowest BCUT2D eigenvalue weighted by Crippen LogP contribution is -2.35. The molecule has 0 saturated carbocycles. The fourth-order valence-electron chi connectivity index (χ4n) is 2.62. The van der Waals surface area contributed by atoms with Gasteiger partial charge in [-0.3, -0.25) is 10.1 Å². The maximum Gasteiger partial charge on any atom is 0.394 e. The van der Waals surface area contributed by atoms with E-state index in [4.69, 9.17) is 5.11 Å². The molecule has 2 heterocycles. The number of rotatable bonds is 3. The SMILES string of the molecule is COC(=O)c1c(C)csc1NC(=O)N1C[C@@H](C(F)(F)F)[C@H](C(=O)O)C1. The van der Waals surface area contributed by atoms with Crippen molar-refractivity contribution < 1.29 is 37.4 Å². The quantitative estimate of drug-likeness (QED) is 0.786. The number of urea groups is 1. The molecule has 11 heteroatoms. The number of aliphatic carboxylic acids is 1. The fourth-order valence-corrected chi connectivity index (χ4v) is 3.54. The number of hydrogen-bond donors (Lipinski definition) is 2. The van der Waals surface area contributed by atoms with E-state index in [9.17, 15) is 27.6 Å². The van der Waals surface area contributed by atoms with E-state index in [2.05, 4.69) is 10.1 Å². The Bertz CT molecular complexity index is 703. The third-order valence-electron chi connectivity index (χ3n) is 3.93. The highest BCUT2D eigenvalue weighted by molar-refractivity contribution is 7.15. The number of aryl methyl sites for hydroxylation is 1. The maximum atomic E-state index is 13.0. The lowest BCUT2D eigenvalue weighted by molar-refractivity contribution is -0.187. The second-order valence-corrected chi connectivity index (χ2v) is 6.42. The topological polar surface area (TPSA) is 95.9 Å². The van der Waals surface area contributed by atoms with Gasteiger partial charge in [-0.15, -0.1) is 11.3 Å². The summed E-state index contributed by atoms with van der Waals surface area (Å²) in [5.74, 6) is -6.16. The van der Waals surface area contributed by atoms with Gasteiger partial charge in [0.25, 0.3) is 0 Å². The van der Waals surface area contributed by atoms with E-state index in [1.54, 1.807) is 12.3 Å². The number of ether oxygens (including phenoxy) is 1. The third kappa shape index (κ3) is 3.86. The summed E-state index contributed by atoms with van der Waals surface area (Å²) in [6.45, 7) is 0.294. The molecule has 7 nitrogen and oxygen atoms in total. The van der Waals surface area contributed by atoms with Crippen LogP contribution in [0.4, 0.5) is 23.0 Å². The van der Waals surface area contributed by atoms with Crippen LogP contribution < -0.4 is 5.32 Å². The number of esters is 1. The van der Waals surface area contributed by atoms with E-state index >= 15 is 0 Å². The van der Waals surface area contributed by atoms with Crippen LogP contribution >= 0.6 is 11.3 Å². The average Bonchev–Trinajstić information content (AvgIpc) is 3.11. The zero-order valence-electron chi connectivity index (χ0n) is 13.2. The smallest absolute Gasteiger partial charge is 0.394 e. The molecule has 2 rings (SSSR count). The average molecular weight is 380 g/mol. The Morgan fingerprint density at radius 3 is 2.48 bits per heavy atom. The zero-order chi connectivity index (χ0) is 18.9. The Morgan fingerprint density at radius 1 is 1.36 bits per heavy atom. The van der Waals surface area contributed by atoms with E-state index in [-0.39, 0.29) is 10.6 Å². The fraction of sp³-hybridized carbons (Fsp3) is 0.500. The van der Waals surface area contributed by atoms with Crippen LogP contribution in [0.3, 0.4) is 0 Å². The molecule has 138 valence electrons. The molecule has 25 heavy (non-hydrogen) atoms. The molecule has 2 amide bonds. The van der Waals surface area contributed by atoms with Crippen molar-refractivity contribution in [1.29, 1.82) is 0 Å². The number of carboxylic acids is 1. The molecule has 1 saturated heterocycles. The van der Waals surface area contributed by atoms with Crippen molar-refractivity contribution in [3.05, 3.63) is 16.5 Å². The van der Waals surface area contributed by atoms with Gasteiger partial charge in [-0.2, -0.15) is 13.2 Å². The summed E-state index contributed by atoms with van der Waals surface area (Å²) in [5.41, 5.74) is 0.660. The monoisotopic (exact) mass is 380 g/mol. The molecule has 0 bridgehead atoms. The number of alkyl halides is 3. The molecule has 0 aromatic carbocycles. The number of anilines is 1. The minimum Gasteiger partial charge on any atom is -0.481 e. The first kappa shape index (κ1) is 19.0. The molecule has 1 aliphatic rings. The molecular weight excluding hydrogens is 365 g/mol. The predicted molar refractivity (Wildman–Crippen MR) is 81.7 cm³/mol. The van der Waals surface area contributed by atoms with E-state index in [0.29, 0.717) is 5.56 Å². The van der Waals surface area contributed by atoms with Crippen LogP contribution in [-0.4, -0.2) is 54.4 Å². The first-order valence-corrected chi connectivity index (χ1v) is 7.96. The van der Waals surface area contributed by atoms with Gasteiger partial charge in [0, 0.05) is 13.1 Å². The first-order valence-electron chi connectivity index (χ1n) is 7.08. The molecule has 1 aromatic heterocycles. The van der Waals surface area contributed by atoms with Gasteiger partial charge >= 0.3 is 24.1 Å². The summed E-state index contributed by atoms with van der Waals surface area (Å²) in [6.07, 6.45) is -4.73. The summed E-state index contributed by atoms with van der Waals surface area (Å²) in [7, 11) is 1.16. The first-order chi connectivity index (χ1) is 11.6. The second kappa shape index (κ2) is 6.90. The van der Waals surface area contributed by atoms with Crippen molar-refractivity contribution in [1.82, 2.24) is 4.90 Å². The van der Waals surface area contributed by atoms with E-state index in [1.165, 1.54) is 0 Å². The van der Waals surface area contributed by atoms with Gasteiger partial charge in [0.15, 0.2) is 0 Å². The number of thiophene rings is 1. The van der Waals surface area contributed by atoms with Crippen LogP contribution in [0, 0.1) is 18.8 Å². The number of methoxy groups -OCH3 is 1. The van der Waals surface area contributed by atoms with E-state index in [0.717, 1.165) is 23.3 Å². The molecule has 0 aliphatic carbocycles. The van der Waals surface area contributed by atoms with Crippen LogP contribution in [-0.2, 0) is 9.53 Å². The highest BCUT2D eigenvalue weighted by atomic mass is 32.1. The van der Waals surface area contributed by atoms with Crippen molar-refractivity contribution in [3.8, 4) is 0 Å². The maximum absolute atomic E-state index is 13.0. The molecule has 0 radical (unpaired) electrons. The third-order valence-corrected chi connectivity index (χ3v) is 4.94. The van der Waals surface area contributed by atoms with Gasteiger partial charge in [0.05, 0.1) is 24.5 Å². The Labute approximate surface area is 144 Å². The Hall–Kier alpha value is -2.30. The second-order valence-electron chi connectivity index (χ2n) is 5.54. The van der Waals surface area contributed by atoms with E-state index in [1.807, 2.05) is 0 Å². The normalized spacial score (nSPS) is 20.4. The number of carbonyl (C=O) groups excluding carboxylic acids is 2. The molecule has 1 fully saturated rings. The summed E-state index contributed by atoms with van der Waals surface area (Å²) >= 11 is 1.02. The van der Waals surface area contributed by atoms with Crippen LogP contribution in [0.5, 0.6) is 0 Å². The minimum atomic E-state index is -4.73. The number of nitrogens with zero attached hydrogens (tertiary/aromatic N) is 1. The highest BCUT2D eigenvalue weighted by Crippen LogP contribution is 2.38. The van der Waals surface area contributed by atoms with E-state index < -0.39 is 49.1 Å². The van der Waals surface area contributed by atoms with Gasteiger partial charge in [0.2, 0.25) is 0 Å². The van der Waals surface area contributed by atoms with Crippen LogP contribution in [0.1, 0.15) is 15.9 Å². The molecule has 0 unspecified atom stereocenters. The van der Waals surface area contributed by atoms with Crippen molar-refractivity contribution in [2.45, 2.75) is 13.1 Å². The van der Waals surface area contributed by atoms with Crippen LogP contribution in [0.15, 0.2) is 5.38 Å². The summed E-state index contributed by atoms with van der Waals surface area (Å²) in [5, 5.41) is 13.1. The molecule has 1 aromatic rings. The molecule has 2 atom stereocenters. The van der Waals surface area contributed by atoms with Crippen LogP contribution in [0.25, 0.3) is 0 Å². The number of halogens is 3. The minimum absolute atomic E-state index is 0.113. The number of hydrogen-bond acceptors (Lipinski definition) is 5. The molecule has 0 spiro atoms. The standard InChI is InChI=1S/C14H15F3N2O5S/c1-6-5-25-10(9(6)12(22)24-2)18-13(23)19-3-7(11(20)21)8(4-19)14(15,16)17/h5,7-8H,3-4H2,1-2H3,(H,18,23)(H,20,21)/t7-,8-/m1/s1. The van der Waals surface area contributed by atoms with Gasteiger partial charge in [-0.05, 0) is 17.9 Å². The predicted octanol–water partition coefficient (Wildman–Crippen LogP) is 2.57. The lowest BCUT2D eigenvalue weighted by atomic mass is 9.96. The number of carbonyl (C=O) groups is 3. The van der Waals surface area contributed by atoms with Crippen molar-refractivity contribution in [2.75, 3.05) is 25.5 Å². The van der Waals surface area contributed by atoms with Gasteiger partial charge < -0.3 is 14.7 Å². The zero-order valence-corrected chi connectivity index (χ0v) is 14.0. The molecular formula is C14H15F3N2O5S. The number of carboxylic acid groups (broad SMARTS) is 1. The van der Waals surface area contributed by atoms with Gasteiger partial charge in [0.1, 0.15) is 5.00 Å². The number of amides is 2. The molecule has 1 aliphatic heterocycles. The van der Waals surface area contributed by atoms with Crippen molar-refractivity contribution in [2.24, 2.45) is 11.8 Å². The van der Waals surface area contributed by atoms with Gasteiger partial charge in [-0.25, -0.2) is 9.59 Å². The molecule has 2 N–H and O–H groups in total. The Morgan fingerprint density at radius 2 is 2.00 bits per heavy atom. The van der Waals surface area contributed by atoms with Crippen molar-refractivity contribution >= 4 is 34.3 Å². The summed E-state index contributed by atoms with van der Waals surface area (Å²) in [4.78, 5) is 35.8.